The predicted octanol–water partition coefficient (Wildman–Crippen LogP) is 5.21. The molecule has 0 aliphatic rings. The van der Waals surface area contributed by atoms with Crippen molar-refractivity contribution in [3.05, 3.63) is 96.1 Å². The molecular formula is C24H24N2O3S. The van der Waals surface area contributed by atoms with E-state index in [1.54, 1.807) is 26.2 Å². The molecule has 3 aromatic rings. The van der Waals surface area contributed by atoms with Gasteiger partial charge in [-0.3, -0.25) is 9.59 Å². The van der Waals surface area contributed by atoms with E-state index in [4.69, 9.17) is 4.74 Å². The fraction of sp³-hybridized carbons (Fsp3) is 0.167. The molecule has 0 heterocycles. The van der Waals surface area contributed by atoms with Crippen molar-refractivity contribution in [1.29, 1.82) is 0 Å². The Morgan fingerprint density at radius 2 is 1.40 bits per heavy atom. The SMILES string of the molecule is CN(C)C(=O)Sc1ccccc1NC(=O)COC(c1ccccc1)c1ccccc1. The Labute approximate surface area is 181 Å². The van der Waals surface area contributed by atoms with Crippen LogP contribution >= 0.6 is 11.8 Å². The van der Waals surface area contributed by atoms with Gasteiger partial charge >= 0.3 is 0 Å². The third kappa shape index (κ3) is 5.95. The normalized spacial score (nSPS) is 10.6. The van der Waals surface area contributed by atoms with Crippen molar-refractivity contribution < 1.29 is 14.3 Å². The number of nitrogens with zero attached hydrogens (tertiary/aromatic N) is 1. The summed E-state index contributed by atoms with van der Waals surface area (Å²) in [6.07, 6.45) is -0.349. The lowest BCUT2D eigenvalue weighted by atomic mass is 10.0. The first-order valence-electron chi connectivity index (χ1n) is 9.54. The minimum Gasteiger partial charge on any atom is -0.359 e. The highest BCUT2D eigenvalue weighted by atomic mass is 32.2. The van der Waals surface area contributed by atoms with Gasteiger partial charge in [0.25, 0.3) is 5.24 Å². The summed E-state index contributed by atoms with van der Waals surface area (Å²) >= 11 is 1.07. The number of nitrogens with one attached hydrogen (secondary N) is 1. The van der Waals surface area contributed by atoms with Crippen LogP contribution in [0.5, 0.6) is 0 Å². The average Bonchev–Trinajstić information content (AvgIpc) is 2.76. The largest absolute Gasteiger partial charge is 0.359 e. The van der Waals surface area contributed by atoms with E-state index < -0.39 is 0 Å². The molecule has 0 fully saturated rings. The molecule has 0 aromatic heterocycles. The topological polar surface area (TPSA) is 58.6 Å². The van der Waals surface area contributed by atoms with Gasteiger partial charge in [0.2, 0.25) is 5.91 Å². The van der Waals surface area contributed by atoms with Crippen molar-refractivity contribution in [2.75, 3.05) is 26.0 Å². The quantitative estimate of drug-likeness (QED) is 0.534. The van der Waals surface area contributed by atoms with Crippen LogP contribution in [0.15, 0.2) is 89.8 Å². The number of carbonyl (C=O) groups excluding carboxylic acids is 2. The second-order valence-corrected chi connectivity index (χ2v) is 7.81. The second kappa shape index (κ2) is 10.6. The van der Waals surface area contributed by atoms with Crippen LogP contribution < -0.4 is 5.32 Å². The predicted molar refractivity (Wildman–Crippen MR) is 121 cm³/mol. The molecule has 0 radical (unpaired) electrons. The Bertz CT molecular complexity index is 939. The molecule has 0 aliphatic heterocycles. The molecule has 3 aromatic carbocycles. The van der Waals surface area contributed by atoms with Crippen molar-refractivity contribution in [2.45, 2.75) is 11.0 Å². The first kappa shape index (κ1) is 21.6. The number of benzene rings is 3. The van der Waals surface area contributed by atoms with E-state index in [1.165, 1.54) is 4.90 Å². The fourth-order valence-corrected chi connectivity index (χ4v) is 3.58. The summed E-state index contributed by atoms with van der Waals surface area (Å²) in [5.41, 5.74) is 2.54. The maximum absolute atomic E-state index is 12.6. The van der Waals surface area contributed by atoms with Crippen LogP contribution in [0.2, 0.25) is 0 Å². The zero-order chi connectivity index (χ0) is 21.3. The number of thioether (sulfide) groups is 1. The zero-order valence-electron chi connectivity index (χ0n) is 16.9. The van der Waals surface area contributed by atoms with Gasteiger partial charge in [-0.05, 0) is 35.0 Å². The average molecular weight is 421 g/mol. The fourth-order valence-electron chi connectivity index (χ4n) is 2.83. The zero-order valence-corrected chi connectivity index (χ0v) is 17.8. The van der Waals surface area contributed by atoms with Crippen LogP contribution in [0, 0.1) is 0 Å². The molecule has 0 spiro atoms. The van der Waals surface area contributed by atoms with E-state index in [0.717, 1.165) is 22.9 Å². The van der Waals surface area contributed by atoms with Crippen molar-refractivity contribution in [1.82, 2.24) is 4.90 Å². The van der Waals surface area contributed by atoms with Gasteiger partial charge in [-0.2, -0.15) is 0 Å². The van der Waals surface area contributed by atoms with Gasteiger partial charge < -0.3 is 15.0 Å². The van der Waals surface area contributed by atoms with Crippen LogP contribution in [0.25, 0.3) is 0 Å². The van der Waals surface area contributed by atoms with E-state index in [-0.39, 0.29) is 23.9 Å². The molecule has 6 heteroatoms. The number of para-hydroxylation sites is 1. The third-order valence-electron chi connectivity index (χ3n) is 4.31. The molecule has 3 rings (SSSR count). The van der Waals surface area contributed by atoms with Crippen molar-refractivity contribution in [2.24, 2.45) is 0 Å². The smallest absolute Gasteiger partial charge is 0.286 e. The van der Waals surface area contributed by atoms with E-state index in [1.807, 2.05) is 72.8 Å². The van der Waals surface area contributed by atoms with Crippen LogP contribution in [0.1, 0.15) is 17.2 Å². The lowest BCUT2D eigenvalue weighted by Gasteiger charge is -2.19. The van der Waals surface area contributed by atoms with Crippen LogP contribution in [-0.2, 0) is 9.53 Å². The molecule has 154 valence electrons. The maximum Gasteiger partial charge on any atom is 0.286 e. The highest BCUT2D eigenvalue weighted by Gasteiger charge is 2.17. The monoisotopic (exact) mass is 420 g/mol. The summed E-state index contributed by atoms with van der Waals surface area (Å²) in [4.78, 5) is 26.8. The highest BCUT2D eigenvalue weighted by molar-refractivity contribution is 8.13. The Morgan fingerprint density at radius 3 is 1.97 bits per heavy atom. The lowest BCUT2D eigenvalue weighted by molar-refractivity contribution is -0.121. The van der Waals surface area contributed by atoms with E-state index >= 15 is 0 Å². The standard InChI is InChI=1S/C24H24N2O3S/c1-26(2)24(28)30-21-16-10-9-15-20(21)25-22(27)17-29-23(18-11-5-3-6-12-18)19-13-7-4-8-14-19/h3-16,23H,17H2,1-2H3,(H,25,27). The van der Waals surface area contributed by atoms with Gasteiger partial charge in [0, 0.05) is 19.0 Å². The molecule has 30 heavy (non-hydrogen) atoms. The number of carbonyl (C=O) groups is 2. The van der Waals surface area contributed by atoms with Crippen molar-refractivity contribution >= 4 is 28.6 Å². The molecule has 5 nitrogen and oxygen atoms in total. The number of hydrogen-bond acceptors (Lipinski definition) is 4. The number of ether oxygens (including phenoxy) is 1. The Morgan fingerprint density at radius 1 is 0.867 bits per heavy atom. The summed E-state index contributed by atoms with van der Waals surface area (Å²) in [6.45, 7) is -0.116. The van der Waals surface area contributed by atoms with Gasteiger partial charge in [-0.25, -0.2) is 0 Å². The lowest BCUT2D eigenvalue weighted by Crippen LogP contribution is -2.21. The molecule has 0 saturated heterocycles. The minimum atomic E-state index is -0.349. The minimum absolute atomic E-state index is 0.110. The van der Waals surface area contributed by atoms with Crippen molar-refractivity contribution in [3.63, 3.8) is 0 Å². The first-order valence-corrected chi connectivity index (χ1v) is 10.4. The molecule has 0 bridgehead atoms. The summed E-state index contributed by atoms with van der Waals surface area (Å²) in [5, 5.41) is 2.75. The second-order valence-electron chi connectivity index (χ2n) is 6.82. The molecule has 0 saturated carbocycles. The molecule has 0 atom stereocenters. The molecule has 0 aliphatic carbocycles. The van der Waals surface area contributed by atoms with E-state index in [2.05, 4.69) is 5.32 Å². The van der Waals surface area contributed by atoms with Crippen LogP contribution in [0.4, 0.5) is 10.5 Å². The molecule has 1 N–H and O–H groups in total. The number of anilines is 1. The number of hydrogen-bond donors (Lipinski definition) is 1. The molecule has 2 amide bonds. The van der Waals surface area contributed by atoms with Crippen molar-refractivity contribution in [3.8, 4) is 0 Å². The van der Waals surface area contributed by atoms with Gasteiger partial charge in [-0.1, -0.05) is 72.8 Å². The van der Waals surface area contributed by atoms with Gasteiger partial charge in [0.15, 0.2) is 0 Å². The van der Waals surface area contributed by atoms with E-state index in [0.29, 0.717) is 10.6 Å². The molecular weight excluding hydrogens is 396 g/mol. The maximum atomic E-state index is 12.6. The Hall–Kier alpha value is -3.09. The van der Waals surface area contributed by atoms with Crippen LogP contribution in [0.3, 0.4) is 0 Å². The summed E-state index contributed by atoms with van der Waals surface area (Å²) in [5.74, 6) is -0.280. The molecule has 0 unspecified atom stereocenters. The van der Waals surface area contributed by atoms with Gasteiger partial charge in [0.05, 0.1) is 5.69 Å². The number of amides is 2. The summed E-state index contributed by atoms with van der Waals surface area (Å²) in [6, 6.07) is 26.8. The number of rotatable bonds is 7. The summed E-state index contributed by atoms with van der Waals surface area (Å²) < 4.78 is 6.01. The third-order valence-corrected chi connectivity index (χ3v) is 5.42. The van der Waals surface area contributed by atoms with E-state index in [9.17, 15) is 9.59 Å². The Balaban J connectivity index is 1.69. The van der Waals surface area contributed by atoms with Gasteiger partial charge in [0.1, 0.15) is 12.7 Å². The van der Waals surface area contributed by atoms with Crippen LogP contribution in [-0.4, -0.2) is 36.7 Å². The summed E-state index contributed by atoms with van der Waals surface area (Å²) in [7, 11) is 3.38. The van der Waals surface area contributed by atoms with Gasteiger partial charge in [-0.15, -0.1) is 0 Å². The highest BCUT2D eigenvalue weighted by Crippen LogP contribution is 2.29. The Kier molecular flexibility index (Phi) is 7.65. The first-order chi connectivity index (χ1) is 14.5.